The number of carbonyl (C=O) groups excluding carboxylic acids is 1. The van der Waals surface area contributed by atoms with Crippen molar-refractivity contribution in [2.45, 2.75) is 77.0 Å². The molecule has 1 aliphatic heterocycles. The van der Waals surface area contributed by atoms with Gasteiger partial charge in [-0.15, -0.1) is 0 Å². The summed E-state index contributed by atoms with van der Waals surface area (Å²) < 4.78 is 12.0. The maximum Gasteiger partial charge on any atom is 0.408 e. The van der Waals surface area contributed by atoms with E-state index in [9.17, 15) is 9.90 Å². The Morgan fingerprint density at radius 2 is 2.00 bits per heavy atom. The Balaban J connectivity index is 1.80. The molecule has 3 rings (SSSR count). The van der Waals surface area contributed by atoms with Crippen molar-refractivity contribution in [3.8, 4) is 11.5 Å². The molecule has 2 unspecified atom stereocenters. The van der Waals surface area contributed by atoms with Gasteiger partial charge >= 0.3 is 6.09 Å². The lowest BCUT2D eigenvalue weighted by molar-refractivity contribution is 0.0173. The van der Waals surface area contributed by atoms with E-state index >= 15 is 0 Å². The number of pyridine rings is 1. The fourth-order valence-electron chi connectivity index (χ4n) is 4.08. The fraction of sp³-hybridized carbons (Fsp3) is 0.500. The largest absolute Gasteiger partial charge is 0.506 e. The molecule has 30 heavy (non-hydrogen) atoms. The van der Waals surface area contributed by atoms with Crippen molar-refractivity contribution in [1.82, 2.24) is 10.3 Å². The van der Waals surface area contributed by atoms with Gasteiger partial charge in [-0.05, 0) is 64.7 Å². The summed E-state index contributed by atoms with van der Waals surface area (Å²) >= 11 is 0. The van der Waals surface area contributed by atoms with Crippen LogP contribution in [0.15, 0.2) is 42.6 Å². The number of carbonyl (C=O) groups is 1. The quantitative estimate of drug-likeness (QED) is 0.644. The number of aromatic hydroxyl groups is 1. The molecule has 2 N–H and O–H groups in total. The molecule has 2 heterocycles. The molecule has 0 saturated heterocycles. The number of hydrogen-bond donors (Lipinski definition) is 2. The van der Waals surface area contributed by atoms with Crippen LogP contribution in [0.25, 0.3) is 0 Å². The van der Waals surface area contributed by atoms with E-state index in [1.807, 2.05) is 51.1 Å². The minimum absolute atomic E-state index is 0.164. The van der Waals surface area contributed by atoms with Gasteiger partial charge in [0.1, 0.15) is 28.7 Å². The van der Waals surface area contributed by atoms with E-state index in [1.165, 1.54) is 6.20 Å². The number of amides is 1. The second-order valence-corrected chi connectivity index (χ2v) is 8.90. The molecule has 1 aromatic heterocycles. The molecular formula is C24H32N2O4. The smallest absolute Gasteiger partial charge is 0.408 e. The Hall–Kier alpha value is -2.76. The van der Waals surface area contributed by atoms with Gasteiger partial charge in [0.05, 0.1) is 6.20 Å². The van der Waals surface area contributed by atoms with Crippen molar-refractivity contribution in [3.05, 3.63) is 53.9 Å². The van der Waals surface area contributed by atoms with Crippen molar-refractivity contribution < 1.29 is 19.4 Å². The van der Waals surface area contributed by atoms with Gasteiger partial charge in [-0.2, -0.15) is 0 Å². The highest BCUT2D eigenvalue weighted by molar-refractivity contribution is 5.69. The first kappa shape index (κ1) is 21.9. The average molecular weight is 413 g/mol. The van der Waals surface area contributed by atoms with Crippen LogP contribution in [0.2, 0.25) is 0 Å². The average Bonchev–Trinajstić information content (AvgIpc) is 2.96. The topological polar surface area (TPSA) is 80.7 Å². The molecule has 0 spiro atoms. The number of ether oxygens (including phenoxy) is 2. The molecule has 1 amide bonds. The molecule has 1 aromatic carbocycles. The minimum Gasteiger partial charge on any atom is -0.506 e. The summed E-state index contributed by atoms with van der Waals surface area (Å²) in [5.74, 6) is 0.979. The maximum absolute atomic E-state index is 12.6. The van der Waals surface area contributed by atoms with Crippen LogP contribution in [0.3, 0.4) is 0 Å². The van der Waals surface area contributed by atoms with Gasteiger partial charge in [-0.1, -0.05) is 31.5 Å². The summed E-state index contributed by atoms with van der Waals surface area (Å²) in [5.41, 5.74) is 0.805. The Kier molecular flexibility index (Phi) is 6.54. The van der Waals surface area contributed by atoms with E-state index in [1.54, 1.807) is 6.07 Å². The van der Waals surface area contributed by atoms with Gasteiger partial charge in [-0.3, -0.25) is 4.98 Å². The second-order valence-electron chi connectivity index (χ2n) is 8.90. The first-order chi connectivity index (χ1) is 14.2. The summed E-state index contributed by atoms with van der Waals surface area (Å²) in [4.78, 5) is 16.9. The number of aryl methyl sites for hydroxylation is 1. The SMILES string of the molecule is CCCC1(CCCc2ccc(O)cn2)Oc2ccccc2C1NC(=O)OC(C)(C)C. The molecule has 0 aliphatic carbocycles. The summed E-state index contributed by atoms with van der Waals surface area (Å²) in [5, 5.41) is 12.5. The Morgan fingerprint density at radius 1 is 1.23 bits per heavy atom. The predicted molar refractivity (Wildman–Crippen MR) is 116 cm³/mol. The second kappa shape index (κ2) is 8.94. The predicted octanol–water partition coefficient (Wildman–Crippen LogP) is 5.31. The minimum atomic E-state index is -0.568. The normalized spacial score (nSPS) is 20.3. The van der Waals surface area contributed by atoms with Crippen LogP contribution in [0.4, 0.5) is 4.79 Å². The van der Waals surface area contributed by atoms with Gasteiger partial charge in [0.2, 0.25) is 0 Å². The van der Waals surface area contributed by atoms with Crippen LogP contribution < -0.4 is 10.1 Å². The standard InChI is InChI=1S/C24H32N2O4/c1-5-14-24(15-8-9-17-12-13-18(27)16-25-17)21(26-22(28)30-23(2,3)4)19-10-6-7-11-20(19)29-24/h6-7,10-13,16,21,27H,5,8-9,14-15H2,1-4H3,(H,26,28). The molecular weight excluding hydrogens is 380 g/mol. The van der Waals surface area contributed by atoms with E-state index in [-0.39, 0.29) is 11.8 Å². The lowest BCUT2D eigenvalue weighted by atomic mass is 9.82. The summed E-state index contributed by atoms with van der Waals surface area (Å²) in [6.45, 7) is 7.70. The van der Waals surface area contributed by atoms with Crippen LogP contribution >= 0.6 is 0 Å². The zero-order chi connectivity index (χ0) is 21.8. The van der Waals surface area contributed by atoms with Crippen LogP contribution in [-0.2, 0) is 11.2 Å². The number of hydrogen-bond acceptors (Lipinski definition) is 5. The highest BCUT2D eigenvalue weighted by Crippen LogP contribution is 2.48. The summed E-state index contributed by atoms with van der Waals surface area (Å²) in [7, 11) is 0. The van der Waals surface area contributed by atoms with Crippen LogP contribution in [-0.4, -0.2) is 27.4 Å². The Bertz CT molecular complexity index is 860. The molecule has 6 heteroatoms. The molecule has 1 aliphatic rings. The van der Waals surface area contributed by atoms with E-state index in [0.717, 1.165) is 49.1 Å². The molecule has 0 radical (unpaired) electrons. The number of para-hydroxylation sites is 1. The van der Waals surface area contributed by atoms with Crippen molar-refractivity contribution in [3.63, 3.8) is 0 Å². The lowest BCUT2D eigenvalue weighted by Crippen LogP contribution is -2.47. The van der Waals surface area contributed by atoms with Crippen molar-refractivity contribution >= 4 is 6.09 Å². The molecule has 162 valence electrons. The van der Waals surface area contributed by atoms with Gasteiger partial charge in [0.25, 0.3) is 0 Å². The summed E-state index contributed by atoms with van der Waals surface area (Å²) in [6, 6.07) is 11.1. The van der Waals surface area contributed by atoms with Gasteiger partial charge in [0, 0.05) is 11.3 Å². The third-order valence-corrected chi connectivity index (χ3v) is 5.25. The number of rotatable bonds is 7. The first-order valence-corrected chi connectivity index (χ1v) is 10.6. The third-order valence-electron chi connectivity index (χ3n) is 5.25. The fourth-order valence-corrected chi connectivity index (χ4v) is 4.08. The number of nitrogens with one attached hydrogen (secondary N) is 1. The van der Waals surface area contributed by atoms with Crippen LogP contribution in [0.5, 0.6) is 11.5 Å². The van der Waals surface area contributed by atoms with Crippen molar-refractivity contribution in [2.24, 2.45) is 0 Å². The molecule has 0 saturated carbocycles. The number of fused-ring (bicyclic) bond motifs is 1. The van der Waals surface area contributed by atoms with Gasteiger partial charge < -0.3 is 19.9 Å². The van der Waals surface area contributed by atoms with Crippen molar-refractivity contribution in [2.75, 3.05) is 0 Å². The van der Waals surface area contributed by atoms with E-state index in [2.05, 4.69) is 17.2 Å². The zero-order valence-corrected chi connectivity index (χ0v) is 18.3. The lowest BCUT2D eigenvalue weighted by Gasteiger charge is -2.35. The Labute approximate surface area is 178 Å². The molecule has 2 atom stereocenters. The number of alkyl carbamates (subject to hydrolysis) is 1. The monoisotopic (exact) mass is 412 g/mol. The highest BCUT2D eigenvalue weighted by atomic mass is 16.6. The molecule has 0 bridgehead atoms. The number of benzene rings is 1. The third kappa shape index (κ3) is 5.23. The van der Waals surface area contributed by atoms with Crippen LogP contribution in [0.1, 0.15) is 70.7 Å². The molecule has 6 nitrogen and oxygen atoms in total. The maximum atomic E-state index is 12.6. The molecule has 0 fully saturated rings. The molecule has 2 aromatic rings. The number of nitrogens with zero attached hydrogens (tertiary/aromatic N) is 1. The van der Waals surface area contributed by atoms with E-state index in [0.29, 0.717) is 0 Å². The van der Waals surface area contributed by atoms with Crippen molar-refractivity contribution in [1.29, 1.82) is 0 Å². The Morgan fingerprint density at radius 3 is 2.67 bits per heavy atom. The summed E-state index contributed by atoms with van der Waals surface area (Å²) in [6.07, 6.45) is 5.14. The van der Waals surface area contributed by atoms with E-state index < -0.39 is 17.3 Å². The van der Waals surface area contributed by atoms with E-state index in [4.69, 9.17) is 9.47 Å². The number of aromatic nitrogens is 1. The van der Waals surface area contributed by atoms with Crippen LogP contribution in [0, 0.1) is 0 Å². The first-order valence-electron chi connectivity index (χ1n) is 10.6. The van der Waals surface area contributed by atoms with Gasteiger partial charge in [-0.25, -0.2) is 4.79 Å². The zero-order valence-electron chi connectivity index (χ0n) is 18.3. The van der Waals surface area contributed by atoms with Gasteiger partial charge in [0.15, 0.2) is 0 Å². The highest BCUT2D eigenvalue weighted by Gasteiger charge is 2.48.